The van der Waals surface area contributed by atoms with Gasteiger partial charge in [-0.05, 0) is 18.6 Å². The van der Waals surface area contributed by atoms with E-state index in [1.54, 1.807) is 0 Å². The molecule has 0 atom stereocenters. The van der Waals surface area contributed by atoms with Crippen LogP contribution in [-0.4, -0.2) is 23.5 Å². The van der Waals surface area contributed by atoms with Gasteiger partial charge in [0.15, 0.2) is 10.7 Å². The Morgan fingerprint density at radius 1 is 1.43 bits per heavy atom. The van der Waals surface area contributed by atoms with Crippen LogP contribution in [0.25, 0.3) is 0 Å². The Labute approximate surface area is 125 Å². The molecular weight excluding hydrogens is 320 g/mol. The fourth-order valence-corrected chi connectivity index (χ4v) is 2.96. The van der Waals surface area contributed by atoms with E-state index in [9.17, 15) is 18.5 Å². The summed E-state index contributed by atoms with van der Waals surface area (Å²) in [5.41, 5.74) is 0.138. The van der Waals surface area contributed by atoms with Gasteiger partial charge in [0.05, 0.1) is 4.92 Å². The van der Waals surface area contributed by atoms with Gasteiger partial charge in [-0.1, -0.05) is 18.5 Å². The molecule has 0 spiro atoms. The van der Waals surface area contributed by atoms with E-state index in [-0.39, 0.29) is 10.8 Å². The van der Waals surface area contributed by atoms with Crippen LogP contribution < -0.4 is 4.72 Å². The molecule has 0 bridgehead atoms. The second kappa shape index (κ2) is 5.70. The van der Waals surface area contributed by atoms with Gasteiger partial charge < -0.3 is 0 Å². The van der Waals surface area contributed by atoms with Gasteiger partial charge in [-0.2, -0.15) is 5.10 Å². The number of anilines is 1. The smallest absolute Gasteiger partial charge is 0.280 e. The molecule has 0 aliphatic rings. The summed E-state index contributed by atoms with van der Waals surface area (Å²) in [4.78, 5) is 9.68. The Morgan fingerprint density at radius 3 is 2.71 bits per heavy atom. The van der Waals surface area contributed by atoms with Crippen LogP contribution >= 0.6 is 11.6 Å². The molecule has 2 N–H and O–H groups in total. The lowest BCUT2D eigenvalue weighted by molar-refractivity contribution is -0.387. The minimum atomic E-state index is -4.13. The van der Waals surface area contributed by atoms with Gasteiger partial charge in [0.25, 0.3) is 15.7 Å². The highest BCUT2D eigenvalue weighted by molar-refractivity contribution is 7.92. The van der Waals surface area contributed by atoms with Crippen molar-refractivity contribution in [2.24, 2.45) is 0 Å². The quantitative estimate of drug-likeness (QED) is 0.644. The van der Waals surface area contributed by atoms with Gasteiger partial charge in [-0.3, -0.25) is 19.9 Å². The highest BCUT2D eigenvalue weighted by Gasteiger charge is 2.26. The number of rotatable bonds is 5. The minimum Gasteiger partial charge on any atom is -0.280 e. The first-order valence-electron chi connectivity index (χ1n) is 5.84. The molecule has 1 aromatic carbocycles. The van der Waals surface area contributed by atoms with Gasteiger partial charge in [-0.15, -0.1) is 0 Å². The van der Waals surface area contributed by atoms with Gasteiger partial charge >= 0.3 is 0 Å². The summed E-state index contributed by atoms with van der Waals surface area (Å²) in [7, 11) is -4.13. The predicted octanol–water partition coefficient (Wildman–Crippen LogP) is 2.33. The Kier molecular flexibility index (Phi) is 4.14. The summed E-state index contributed by atoms with van der Waals surface area (Å²) in [6, 6.07) is 4.85. The number of aromatic nitrogens is 2. The maximum Gasteiger partial charge on any atom is 0.291 e. The molecule has 0 aliphatic carbocycles. The molecule has 0 amide bonds. The molecule has 2 rings (SSSR count). The molecule has 0 radical (unpaired) electrons. The monoisotopic (exact) mass is 330 g/mol. The molecule has 0 aliphatic heterocycles. The second-order valence-electron chi connectivity index (χ2n) is 4.11. The summed E-state index contributed by atoms with van der Waals surface area (Å²) in [6.45, 7) is 1.87. The zero-order valence-electron chi connectivity index (χ0n) is 10.8. The van der Waals surface area contributed by atoms with Gasteiger partial charge in [0.2, 0.25) is 0 Å². The minimum absolute atomic E-state index is 0.0658. The average molecular weight is 331 g/mol. The molecule has 10 heteroatoms. The number of hydrogen-bond donors (Lipinski definition) is 2. The normalized spacial score (nSPS) is 11.3. The molecule has 8 nitrogen and oxygen atoms in total. The number of hydrogen-bond acceptors (Lipinski definition) is 5. The number of nitro benzene ring substituents is 1. The SMILES string of the molecule is CCc1cc(NS(=O)(=O)c2ccc(Cl)cc2[N+](=O)[O-])n[nH]1. The van der Waals surface area contributed by atoms with E-state index in [2.05, 4.69) is 14.9 Å². The van der Waals surface area contributed by atoms with Crippen LogP contribution in [0.1, 0.15) is 12.6 Å². The maximum absolute atomic E-state index is 12.2. The third-order valence-electron chi connectivity index (χ3n) is 2.66. The topological polar surface area (TPSA) is 118 Å². The number of H-pyrrole nitrogens is 1. The largest absolute Gasteiger partial charge is 0.291 e. The van der Waals surface area contributed by atoms with E-state index < -0.39 is 25.5 Å². The second-order valence-corrected chi connectivity index (χ2v) is 6.19. The van der Waals surface area contributed by atoms with E-state index in [1.807, 2.05) is 6.92 Å². The number of nitrogens with one attached hydrogen (secondary N) is 2. The number of aryl methyl sites for hydroxylation is 1. The first-order valence-corrected chi connectivity index (χ1v) is 7.70. The van der Waals surface area contributed by atoms with E-state index in [0.29, 0.717) is 6.42 Å². The average Bonchev–Trinajstić information content (AvgIpc) is 2.85. The van der Waals surface area contributed by atoms with Crippen molar-refractivity contribution in [1.82, 2.24) is 10.2 Å². The number of halogens is 1. The predicted molar refractivity (Wildman–Crippen MR) is 76.9 cm³/mol. The number of aromatic amines is 1. The fraction of sp³-hybridized carbons (Fsp3) is 0.182. The molecule has 0 saturated carbocycles. The lowest BCUT2D eigenvalue weighted by Gasteiger charge is -2.06. The molecule has 1 aromatic heterocycles. The van der Waals surface area contributed by atoms with Crippen molar-refractivity contribution in [2.45, 2.75) is 18.2 Å². The van der Waals surface area contributed by atoms with Crippen molar-refractivity contribution in [3.8, 4) is 0 Å². The highest BCUT2D eigenvalue weighted by Crippen LogP contribution is 2.28. The van der Waals surface area contributed by atoms with Gasteiger partial charge in [0, 0.05) is 22.8 Å². The van der Waals surface area contributed by atoms with Crippen LogP contribution in [0.5, 0.6) is 0 Å². The molecule has 21 heavy (non-hydrogen) atoms. The number of benzene rings is 1. The summed E-state index contributed by atoms with van der Waals surface area (Å²) >= 11 is 5.66. The Bertz CT molecular complexity index is 787. The van der Waals surface area contributed by atoms with Crippen molar-refractivity contribution in [3.63, 3.8) is 0 Å². The molecular formula is C11H11ClN4O4S. The first-order chi connectivity index (χ1) is 9.83. The van der Waals surface area contributed by atoms with Crippen LogP contribution in [-0.2, 0) is 16.4 Å². The summed E-state index contributed by atoms with van der Waals surface area (Å²) in [5, 5.41) is 17.5. The third kappa shape index (κ3) is 3.31. The summed E-state index contributed by atoms with van der Waals surface area (Å²) in [5.74, 6) is 0.0658. The maximum atomic E-state index is 12.2. The fourth-order valence-electron chi connectivity index (χ4n) is 1.65. The molecule has 0 fully saturated rings. The number of sulfonamides is 1. The first kappa shape index (κ1) is 15.3. The van der Waals surface area contributed by atoms with Crippen LogP contribution in [0.2, 0.25) is 5.02 Å². The zero-order valence-corrected chi connectivity index (χ0v) is 12.4. The highest BCUT2D eigenvalue weighted by atomic mass is 35.5. The van der Waals surface area contributed by atoms with Gasteiger partial charge in [0.1, 0.15) is 0 Å². The Morgan fingerprint density at radius 2 is 2.14 bits per heavy atom. The van der Waals surface area contributed by atoms with Crippen LogP contribution in [0.3, 0.4) is 0 Å². The lowest BCUT2D eigenvalue weighted by atomic mass is 10.3. The third-order valence-corrected chi connectivity index (χ3v) is 4.30. The molecule has 112 valence electrons. The Hall–Kier alpha value is -2.13. The molecule has 1 heterocycles. The van der Waals surface area contributed by atoms with Crippen LogP contribution in [0.15, 0.2) is 29.2 Å². The molecule has 0 unspecified atom stereocenters. The van der Waals surface area contributed by atoms with Gasteiger partial charge in [-0.25, -0.2) is 8.42 Å². The zero-order chi connectivity index (χ0) is 15.6. The summed E-state index contributed by atoms with van der Waals surface area (Å²) < 4.78 is 26.6. The van der Waals surface area contributed by atoms with E-state index in [1.165, 1.54) is 12.1 Å². The van der Waals surface area contributed by atoms with Crippen molar-refractivity contribution >= 4 is 33.1 Å². The van der Waals surface area contributed by atoms with E-state index in [4.69, 9.17) is 11.6 Å². The Balaban J connectivity index is 2.42. The van der Waals surface area contributed by atoms with Crippen LogP contribution in [0, 0.1) is 10.1 Å². The standard InChI is InChI=1S/C11H11ClN4O4S/c1-2-8-6-11(14-13-8)15-21(19,20)10-4-3-7(12)5-9(10)16(17)18/h3-6H,2H2,1H3,(H2,13,14,15). The van der Waals surface area contributed by atoms with Crippen molar-refractivity contribution < 1.29 is 13.3 Å². The van der Waals surface area contributed by atoms with Crippen molar-refractivity contribution in [1.29, 1.82) is 0 Å². The van der Waals surface area contributed by atoms with Crippen LogP contribution in [0.4, 0.5) is 11.5 Å². The number of nitro groups is 1. The van der Waals surface area contributed by atoms with Crippen molar-refractivity contribution in [3.05, 3.63) is 45.1 Å². The van der Waals surface area contributed by atoms with Crippen molar-refractivity contribution in [2.75, 3.05) is 4.72 Å². The lowest BCUT2D eigenvalue weighted by Crippen LogP contribution is -2.15. The number of nitrogens with zero attached hydrogens (tertiary/aromatic N) is 2. The van der Waals surface area contributed by atoms with E-state index in [0.717, 1.165) is 17.8 Å². The van der Waals surface area contributed by atoms with E-state index >= 15 is 0 Å². The molecule has 0 saturated heterocycles. The molecule has 2 aromatic rings. The summed E-state index contributed by atoms with van der Waals surface area (Å²) in [6.07, 6.45) is 0.649.